The molecule has 1 aliphatic rings. The minimum atomic E-state index is 0. The van der Waals surface area contributed by atoms with Crippen LogP contribution in [-0.2, 0) is 0 Å². The smallest absolute Gasteiger partial charge is 0.186 e. The van der Waals surface area contributed by atoms with Crippen LogP contribution in [0.25, 0.3) is 32.2 Å². The van der Waals surface area contributed by atoms with Gasteiger partial charge in [-0.25, -0.2) is 4.98 Å². The molecular weight excluding hydrogens is 426 g/mol. The van der Waals surface area contributed by atoms with Gasteiger partial charge < -0.3 is 10.2 Å². The van der Waals surface area contributed by atoms with Crippen molar-refractivity contribution in [3.05, 3.63) is 42.6 Å². The van der Waals surface area contributed by atoms with E-state index >= 15 is 0 Å². The van der Waals surface area contributed by atoms with Crippen LogP contribution in [0.3, 0.4) is 0 Å². The molecule has 2 N–H and O–H groups in total. The van der Waals surface area contributed by atoms with Crippen LogP contribution in [0, 0.1) is 0 Å². The first-order chi connectivity index (χ1) is 14.2. The maximum absolute atomic E-state index is 4.97. The van der Waals surface area contributed by atoms with Crippen molar-refractivity contribution >= 4 is 50.0 Å². The van der Waals surface area contributed by atoms with Crippen molar-refractivity contribution < 1.29 is 0 Å². The fraction of sp³-hybridized carbons (Fsp3) is 0.417. The van der Waals surface area contributed by atoms with E-state index in [1.54, 1.807) is 11.3 Å². The van der Waals surface area contributed by atoms with Gasteiger partial charge in [-0.15, -0.1) is 12.4 Å². The van der Waals surface area contributed by atoms with Crippen LogP contribution in [0.4, 0.5) is 5.13 Å². The molecular formula is C24H30ClN5S. The van der Waals surface area contributed by atoms with Gasteiger partial charge in [-0.1, -0.05) is 23.5 Å². The molecule has 1 saturated heterocycles. The average molecular weight is 456 g/mol. The number of fused-ring (bicyclic) bond motifs is 2. The molecule has 0 atom stereocenters. The highest BCUT2D eigenvalue weighted by Crippen LogP contribution is 2.37. The van der Waals surface area contributed by atoms with E-state index in [4.69, 9.17) is 4.98 Å². The Hall–Kier alpha value is -2.15. The molecule has 0 aliphatic carbocycles. The Morgan fingerprint density at radius 3 is 2.42 bits per heavy atom. The molecule has 1 fully saturated rings. The van der Waals surface area contributed by atoms with Gasteiger partial charge in [0.05, 0.1) is 21.9 Å². The Morgan fingerprint density at radius 1 is 1.00 bits per heavy atom. The lowest BCUT2D eigenvalue weighted by Crippen LogP contribution is -2.61. The number of anilines is 1. The molecule has 5 rings (SSSR count). The monoisotopic (exact) mass is 455 g/mol. The van der Waals surface area contributed by atoms with Crippen molar-refractivity contribution in [2.24, 2.45) is 0 Å². The Balaban J connectivity index is 0.00000231. The standard InChI is InChI=1S/C24H29N5S.ClH/c1-23(2)12-18(13-24(3,4)28-23)29(5)22-26-20-9-7-16(11-21(20)30-22)15-6-8-19-17(10-15)14-25-27-19;/h6-11,14,18,28H,12-13H2,1-5H3,(H,25,27);1H. The highest BCUT2D eigenvalue weighted by Gasteiger charge is 2.39. The molecule has 3 heterocycles. The van der Waals surface area contributed by atoms with Gasteiger partial charge in [0.15, 0.2) is 5.13 Å². The summed E-state index contributed by atoms with van der Waals surface area (Å²) < 4.78 is 1.23. The zero-order valence-electron chi connectivity index (χ0n) is 18.7. The summed E-state index contributed by atoms with van der Waals surface area (Å²) in [4.78, 5) is 7.36. The molecule has 0 saturated carbocycles. The molecule has 31 heavy (non-hydrogen) atoms. The first-order valence-corrected chi connectivity index (χ1v) is 11.4. The summed E-state index contributed by atoms with van der Waals surface area (Å²) in [6.07, 6.45) is 4.09. The molecule has 5 nitrogen and oxygen atoms in total. The molecule has 0 bridgehead atoms. The van der Waals surface area contributed by atoms with Crippen LogP contribution in [0.15, 0.2) is 42.6 Å². The van der Waals surface area contributed by atoms with Crippen molar-refractivity contribution in [3.8, 4) is 11.1 Å². The van der Waals surface area contributed by atoms with Crippen LogP contribution in [0.5, 0.6) is 0 Å². The third kappa shape index (κ3) is 4.29. The summed E-state index contributed by atoms with van der Waals surface area (Å²) >= 11 is 1.79. The maximum atomic E-state index is 4.97. The summed E-state index contributed by atoms with van der Waals surface area (Å²) in [6.45, 7) is 9.21. The molecule has 2 aromatic heterocycles. The molecule has 1 aliphatic heterocycles. The Bertz CT molecular complexity index is 1210. The van der Waals surface area contributed by atoms with E-state index in [2.05, 4.69) is 91.6 Å². The van der Waals surface area contributed by atoms with Gasteiger partial charge in [-0.2, -0.15) is 5.10 Å². The minimum absolute atomic E-state index is 0. The van der Waals surface area contributed by atoms with Gasteiger partial charge >= 0.3 is 0 Å². The van der Waals surface area contributed by atoms with E-state index in [1.807, 2.05) is 6.20 Å². The van der Waals surface area contributed by atoms with Crippen molar-refractivity contribution in [1.29, 1.82) is 0 Å². The predicted molar refractivity (Wildman–Crippen MR) is 135 cm³/mol. The van der Waals surface area contributed by atoms with Gasteiger partial charge in [0.2, 0.25) is 0 Å². The summed E-state index contributed by atoms with van der Waals surface area (Å²) in [5.74, 6) is 0. The molecule has 0 unspecified atom stereocenters. The fourth-order valence-electron chi connectivity index (χ4n) is 5.06. The van der Waals surface area contributed by atoms with Gasteiger partial charge in [0.1, 0.15) is 0 Å². The lowest BCUT2D eigenvalue weighted by Gasteiger charge is -2.48. The average Bonchev–Trinajstić information content (AvgIpc) is 3.30. The Kier molecular flexibility index (Phi) is 5.53. The summed E-state index contributed by atoms with van der Waals surface area (Å²) in [5.41, 5.74) is 4.80. The van der Waals surface area contributed by atoms with E-state index < -0.39 is 0 Å². The number of rotatable bonds is 3. The second kappa shape index (κ2) is 7.76. The van der Waals surface area contributed by atoms with Gasteiger partial charge in [0.25, 0.3) is 0 Å². The van der Waals surface area contributed by atoms with Crippen molar-refractivity contribution in [2.75, 3.05) is 11.9 Å². The first kappa shape index (κ1) is 22.1. The molecule has 0 amide bonds. The largest absolute Gasteiger partial charge is 0.348 e. The highest BCUT2D eigenvalue weighted by atomic mass is 35.5. The third-order valence-corrected chi connectivity index (χ3v) is 7.28. The molecule has 0 spiro atoms. The molecule has 4 aromatic rings. The van der Waals surface area contributed by atoms with Gasteiger partial charge in [-0.3, -0.25) is 5.10 Å². The maximum Gasteiger partial charge on any atom is 0.186 e. The number of aromatic amines is 1. The molecule has 0 radical (unpaired) electrons. The van der Waals surface area contributed by atoms with Crippen LogP contribution in [0.1, 0.15) is 40.5 Å². The van der Waals surface area contributed by atoms with E-state index in [1.165, 1.54) is 15.8 Å². The van der Waals surface area contributed by atoms with Crippen LogP contribution >= 0.6 is 23.7 Å². The number of hydrogen-bond acceptors (Lipinski definition) is 5. The molecule has 7 heteroatoms. The van der Waals surface area contributed by atoms with Crippen LogP contribution in [-0.4, -0.2) is 39.3 Å². The van der Waals surface area contributed by atoms with Crippen LogP contribution < -0.4 is 10.2 Å². The van der Waals surface area contributed by atoms with E-state index in [0.29, 0.717) is 6.04 Å². The fourth-order valence-corrected chi connectivity index (χ4v) is 6.10. The zero-order chi connectivity index (χ0) is 21.1. The zero-order valence-corrected chi connectivity index (χ0v) is 20.3. The number of piperidine rings is 1. The van der Waals surface area contributed by atoms with E-state index in [-0.39, 0.29) is 23.5 Å². The van der Waals surface area contributed by atoms with Gasteiger partial charge in [-0.05, 0) is 75.9 Å². The van der Waals surface area contributed by atoms with E-state index in [9.17, 15) is 0 Å². The first-order valence-electron chi connectivity index (χ1n) is 10.6. The van der Waals surface area contributed by atoms with Crippen LogP contribution in [0.2, 0.25) is 0 Å². The highest BCUT2D eigenvalue weighted by molar-refractivity contribution is 7.22. The van der Waals surface area contributed by atoms with Crippen molar-refractivity contribution in [2.45, 2.75) is 57.7 Å². The normalized spacial score (nSPS) is 18.2. The predicted octanol–water partition coefficient (Wildman–Crippen LogP) is 6.01. The van der Waals surface area contributed by atoms with Gasteiger partial charge in [0, 0.05) is 29.6 Å². The quantitative estimate of drug-likeness (QED) is 0.397. The van der Waals surface area contributed by atoms with Crippen molar-refractivity contribution in [3.63, 3.8) is 0 Å². The number of aromatic nitrogens is 3. The number of benzene rings is 2. The number of nitrogens with one attached hydrogen (secondary N) is 2. The lowest BCUT2D eigenvalue weighted by atomic mass is 9.79. The second-order valence-corrected chi connectivity index (χ2v) is 10.9. The SMILES string of the molecule is CN(c1nc2ccc(-c3ccc4[nH]ncc4c3)cc2s1)C1CC(C)(C)NC(C)(C)C1.Cl. The third-order valence-electron chi connectivity index (χ3n) is 6.17. The second-order valence-electron chi connectivity index (χ2n) is 9.92. The Morgan fingerprint density at radius 2 is 1.68 bits per heavy atom. The summed E-state index contributed by atoms with van der Waals surface area (Å²) in [5, 5.41) is 13.2. The lowest BCUT2D eigenvalue weighted by molar-refractivity contribution is 0.161. The van der Waals surface area contributed by atoms with Crippen molar-refractivity contribution in [1.82, 2.24) is 20.5 Å². The number of H-pyrrole nitrogens is 1. The Labute approximate surface area is 193 Å². The number of thiazole rings is 1. The number of halogens is 1. The van der Waals surface area contributed by atoms with E-state index in [0.717, 1.165) is 34.4 Å². The topological polar surface area (TPSA) is 56.8 Å². The summed E-state index contributed by atoms with van der Waals surface area (Å²) in [7, 11) is 2.20. The minimum Gasteiger partial charge on any atom is -0.348 e. The number of nitrogens with zero attached hydrogens (tertiary/aromatic N) is 3. The molecule has 164 valence electrons. The number of hydrogen-bond donors (Lipinski definition) is 2. The molecule has 2 aromatic carbocycles. The summed E-state index contributed by atoms with van der Waals surface area (Å²) in [6, 6.07) is 13.5.